The molecule has 8 heteroatoms. The quantitative estimate of drug-likeness (QED) is 0.669. The molecule has 29 heavy (non-hydrogen) atoms. The fourth-order valence-electron chi connectivity index (χ4n) is 2.60. The van der Waals surface area contributed by atoms with E-state index in [1.54, 1.807) is 30.3 Å². The Morgan fingerprint density at radius 3 is 2.55 bits per heavy atom. The zero-order chi connectivity index (χ0) is 20.8. The van der Waals surface area contributed by atoms with Gasteiger partial charge in [-0.2, -0.15) is 0 Å². The highest BCUT2D eigenvalue weighted by Gasteiger charge is 2.35. The van der Waals surface area contributed by atoms with Gasteiger partial charge >= 0.3 is 0 Å². The molecule has 0 saturated carbocycles. The standard InChI is InChI=1S/C21H20N2O5S/c1-14-6-8-16(9-7-14)27-11-10-23-20(25)18(29-21(23)26)12-15-4-2-3-5-17(15)28-13-19(22)24/h2-9,12H,10-11,13H2,1H3,(H2,22,24)/b18-12-. The fraction of sp³-hybridized carbons (Fsp3) is 0.190. The summed E-state index contributed by atoms with van der Waals surface area (Å²) in [6.45, 7) is 2.05. The number of carbonyl (C=O) groups excluding carboxylic acids is 3. The number of ether oxygens (including phenoxy) is 2. The van der Waals surface area contributed by atoms with E-state index in [9.17, 15) is 14.4 Å². The Labute approximate surface area is 172 Å². The van der Waals surface area contributed by atoms with Gasteiger partial charge in [-0.05, 0) is 43.0 Å². The van der Waals surface area contributed by atoms with Crippen molar-refractivity contribution < 1.29 is 23.9 Å². The first kappa shape index (κ1) is 20.5. The largest absolute Gasteiger partial charge is 0.492 e. The number of hydrogen-bond acceptors (Lipinski definition) is 6. The molecule has 1 heterocycles. The number of imide groups is 1. The molecule has 1 aliphatic heterocycles. The molecule has 1 aliphatic rings. The molecule has 7 nitrogen and oxygen atoms in total. The normalized spacial score (nSPS) is 15.1. The Hall–Kier alpha value is -3.26. The van der Waals surface area contributed by atoms with Gasteiger partial charge in [-0.1, -0.05) is 35.9 Å². The van der Waals surface area contributed by atoms with E-state index in [0.29, 0.717) is 17.1 Å². The summed E-state index contributed by atoms with van der Waals surface area (Å²) in [6, 6.07) is 14.4. The summed E-state index contributed by atoms with van der Waals surface area (Å²) in [5.41, 5.74) is 6.81. The van der Waals surface area contributed by atoms with E-state index in [1.807, 2.05) is 31.2 Å². The van der Waals surface area contributed by atoms with Crippen LogP contribution in [0.25, 0.3) is 6.08 Å². The zero-order valence-corrected chi connectivity index (χ0v) is 16.6. The molecule has 0 radical (unpaired) electrons. The van der Waals surface area contributed by atoms with Gasteiger partial charge in [0.15, 0.2) is 6.61 Å². The van der Waals surface area contributed by atoms with Crippen LogP contribution in [-0.2, 0) is 9.59 Å². The molecule has 1 fully saturated rings. The van der Waals surface area contributed by atoms with Gasteiger partial charge in [-0.3, -0.25) is 19.3 Å². The highest BCUT2D eigenvalue weighted by atomic mass is 32.2. The molecule has 3 rings (SSSR count). The van der Waals surface area contributed by atoms with Crippen LogP contribution in [0.15, 0.2) is 53.4 Å². The van der Waals surface area contributed by atoms with E-state index in [4.69, 9.17) is 15.2 Å². The minimum Gasteiger partial charge on any atom is -0.492 e. The number of amides is 3. The monoisotopic (exact) mass is 412 g/mol. The number of aryl methyl sites for hydroxylation is 1. The van der Waals surface area contributed by atoms with Crippen LogP contribution in [0.1, 0.15) is 11.1 Å². The van der Waals surface area contributed by atoms with Gasteiger partial charge < -0.3 is 15.2 Å². The highest BCUT2D eigenvalue weighted by molar-refractivity contribution is 8.18. The third-order valence-corrected chi connectivity index (χ3v) is 4.96. The van der Waals surface area contributed by atoms with Crippen LogP contribution < -0.4 is 15.2 Å². The van der Waals surface area contributed by atoms with Crippen molar-refractivity contribution in [1.82, 2.24) is 4.90 Å². The van der Waals surface area contributed by atoms with Crippen molar-refractivity contribution in [3.8, 4) is 11.5 Å². The number of para-hydroxylation sites is 1. The Morgan fingerprint density at radius 1 is 1.10 bits per heavy atom. The van der Waals surface area contributed by atoms with Crippen molar-refractivity contribution in [2.45, 2.75) is 6.92 Å². The lowest BCUT2D eigenvalue weighted by molar-refractivity contribution is -0.123. The molecule has 0 unspecified atom stereocenters. The maximum absolute atomic E-state index is 12.6. The highest BCUT2D eigenvalue weighted by Crippen LogP contribution is 2.33. The molecule has 1 saturated heterocycles. The van der Waals surface area contributed by atoms with Gasteiger partial charge in [0.1, 0.15) is 18.1 Å². The van der Waals surface area contributed by atoms with Crippen LogP contribution in [0.4, 0.5) is 4.79 Å². The van der Waals surface area contributed by atoms with Crippen molar-refractivity contribution in [2.75, 3.05) is 19.8 Å². The molecule has 2 aromatic rings. The number of primary amides is 1. The maximum Gasteiger partial charge on any atom is 0.293 e. The second-order valence-corrected chi connectivity index (χ2v) is 7.28. The molecule has 0 aromatic heterocycles. The van der Waals surface area contributed by atoms with E-state index in [0.717, 1.165) is 22.2 Å². The summed E-state index contributed by atoms with van der Waals surface area (Å²) in [6.07, 6.45) is 1.57. The summed E-state index contributed by atoms with van der Waals surface area (Å²) >= 11 is 0.854. The molecule has 2 aromatic carbocycles. The summed E-state index contributed by atoms with van der Waals surface area (Å²) in [5, 5.41) is -0.357. The van der Waals surface area contributed by atoms with Crippen molar-refractivity contribution in [2.24, 2.45) is 5.73 Å². The van der Waals surface area contributed by atoms with Gasteiger partial charge in [-0.15, -0.1) is 0 Å². The molecule has 0 aliphatic carbocycles. The topological polar surface area (TPSA) is 98.9 Å². The first-order valence-corrected chi connectivity index (χ1v) is 9.70. The molecule has 150 valence electrons. The van der Waals surface area contributed by atoms with E-state index in [2.05, 4.69) is 0 Å². The number of nitrogens with two attached hydrogens (primary N) is 1. The van der Waals surface area contributed by atoms with Crippen LogP contribution in [0.2, 0.25) is 0 Å². The van der Waals surface area contributed by atoms with E-state index in [1.165, 1.54) is 0 Å². The number of hydrogen-bond donors (Lipinski definition) is 1. The summed E-state index contributed by atoms with van der Waals surface area (Å²) in [5.74, 6) is 0.0883. The van der Waals surface area contributed by atoms with Gasteiger partial charge in [0, 0.05) is 5.56 Å². The first-order chi connectivity index (χ1) is 13.9. The summed E-state index contributed by atoms with van der Waals surface area (Å²) in [7, 11) is 0. The van der Waals surface area contributed by atoms with Crippen LogP contribution in [0.5, 0.6) is 11.5 Å². The smallest absolute Gasteiger partial charge is 0.293 e. The maximum atomic E-state index is 12.6. The Balaban J connectivity index is 1.65. The predicted octanol–water partition coefficient (Wildman–Crippen LogP) is 2.97. The molecule has 0 spiro atoms. The van der Waals surface area contributed by atoms with Crippen LogP contribution >= 0.6 is 11.8 Å². The lowest BCUT2D eigenvalue weighted by Gasteiger charge is -2.13. The lowest BCUT2D eigenvalue weighted by Crippen LogP contribution is -2.32. The molecule has 0 bridgehead atoms. The Morgan fingerprint density at radius 2 is 1.83 bits per heavy atom. The van der Waals surface area contributed by atoms with Gasteiger partial charge in [0.25, 0.3) is 17.1 Å². The minimum absolute atomic E-state index is 0.149. The summed E-state index contributed by atoms with van der Waals surface area (Å²) < 4.78 is 11.0. The SMILES string of the molecule is Cc1ccc(OCCN2C(=O)S/C(=C\c3ccccc3OCC(N)=O)C2=O)cc1. The number of thioether (sulfide) groups is 1. The number of benzene rings is 2. The van der Waals surface area contributed by atoms with Crippen LogP contribution in [-0.4, -0.2) is 41.7 Å². The first-order valence-electron chi connectivity index (χ1n) is 8.89. The average molecular weight is 412 g/mol. The number of carbonyl (C=O) groups is 3. The fourth-order valence-corrected chi connectivity index (χ4v) is 3.46. The van der Waals surface area contributed by atoms with Crippen molar-refractivity contribution in [3.05, 3.63) is 64.6 Å². The molecular weight excluding hydrogens is 392 g/mol. The number of rotatable bonds is 8. The van der Waals surface area contributed by atoms with Gasteiger partial charge in [0.2, 0.25) is 0 Å². The summed E-state index contributed by atoms with van der Waals surface area (Å²) in [4.78, 5) is 37.3. The van der Waals surface area contributed by atoms with Crippen LogP contribution in [0, 0.1) is 6.92 Å². The molecule has 2 N–H and O–H groups in total. The zero-order valence-electron chi connectivity index (χ0n) is 15.8. The predicted molar refractivity (Wildman–Crippen MR) is 110 cm³/mol. The Bertz CT molecular complexity index is 956. The lowest BCUT2D eigenvalue weighted by atomic mass is 10.2. The van der Waals surface area contributed by atoms with E-state index < -0.39 is 11.8 Å². The molecule has 3 amide bonds. The number of nitrogens with zero attached hydrogens (tertiary/aromatic N) is 1. The molecule has 0 atom stereocenters. The van der Waals surface area contributed by atoms with Crippen LogP contribution in [0.3, 0.4) is 0 Å². The van der Waals surface area contributed by atoms with Crippen molar-refractivity contribution in [3.63, 3.8) is 0 Å². The Kier molecular flexibility index (Phi) is 6.56. The second-order valence-electron chi connectivity index (χ2n) is 6.29. The second kappa shape index (κ2) is 9.29. The van der Waals surface area contributed by atoms with E-state index >= 15 is 0 Å². The van der Waals surface area contributed by atoms with Crippen molar-refractivity contribution in [1.29, 1.82) is 0 Å². The third-order valence-electron chi connectivity index (χ3n) is 4.05. The van der Waals surface area contributed by atoms with Crippen molar-refractivity contribution >= 4 is 34.9 Å². The van der Waals surface area contributed by atoms with E-state index in [-0.39, 0.29) is 29.9 Å². The third kappa shape index (κ3) is 5.39. The molecular formula is C21H20N2O5S. The van der Waals surface area contributed by atoms with Gasteiger partial charge in [-0.25, -0.2) is 0 Å². The van der Waals surface area contributed by atoms with Gasteiger partial charge in [0.05, 0.1) is 11.4 Å². The minimum atomic E-state index is -0.603. The average Bonchev–Trinajstić information content (AvgIpc) is 2.96.